The van der Waals surface area contributed by atoms with Crippen LogP contribution in [-0.4, -0.2) is 89.8 Å². The van der Waals surface area contributed by atoms with Gasteiger partial charge in [0.15, 0.2) is 0 Å². The van der Waals surface area contributed by atoms with Crippen molar-refractivity contribution in [3.63, 3.8) is 0 Å². The average molecular weight is 689 g/mol. The van der Waals surface area contributed by atoms with Crippen LogP contribution in [0.4, 0.5) is 0 Å². The summed E-state index contributed by atoms with van der Waals surface area (Å²) >= 11 is 13.4. The van der Waals surface area contributed by atoms with Crippen LogP contribution >= 0.6 is 23.2 Å². The molecule has 5 rings (SSSR count). The Morgan fingerprint density at radius 3 is 2.15 bits per heavy atom. The highest BCUT2D eigenvalue weighted by molar-refractivity contribution is 7.85. The van der Waals surface area contributed by atoms with Gasteiger partial charge in [0.25, 0.3) is 0 Å². The van der Waals surface area contributed by atoms with E-state index < -0.39 is 34.6 Å². The molecule has 1 amide bonds. The number of amides is 1. The number of piperidine rings is 2. The zero-order valence-corrected chi connectivity index (χ0v) is 28.4. The fourth-order valence-electron chi connectivity index (χ4n) is 6.78. The van der Waals surface area contributed by atoms with Crippen molar-refractivity contribution in [2.45, 2.75) is 55.4 Å². The van der Waals surface area contributed by atoms with Gasteiger partial charge >= 0.3 is 11.9 Å². The molecule has 9 nitrogen and oxygen atoms in total. The third kappa shape index (κ3) is 7.56. The van der Waals surface area contributed by atoms with E-state index in [1.54, 1.807) is 42.5 Å². The number of methoxy groups -OCH3 is 2. The van der Waals surface area contributed by atoms with Gasteiger partial charge in [0.1, 0.15) is 5.92 Å². The van der Waals surface area contributed by atoms with Gasteiger partial charge in [0.2, 0.25) is 5.91 Å². The van der Waals surface area contributed by atoms with Crippen molar-refractivity contribution in [2.75, 3.05) is 46.2 Å². The van der Waals surface area contributed by atoms with Gasteiger partial charge in [-0.15, -0.1) is 0 Å². The summed E-state index contributed by atoms with van der Waals surface area (Å²) in [5.41, 5.74) is 0.632. The minimum absolute atomic E-state index is 0.00396. The minimum Gasteiger partial charge on any atom is -0.468 e. The fraction of sp³-hybridized carbons (Fsp3) is 0.471. The molecule has 3 aliphatic rings. The van der Waals surface area contributed by atoms with Crippen molar-refractivity contribution in [1.82, 2.24) is 9.80 Å². The molecular formula is C34H39Cl2N3O6S. The molecule has 0 spiro atoms. The van der Waals surface area contributed by atoms with Gasteiger partial charge in [-0.25, -0.2) is 4.79 Å². The van der Waals surface area contributed by atoms with E-state index in [9.17, 15) is 18.6 Å². The molecule has 0 bridgehead atoms. The Bertz CT molecular complexity index is 1510. The standard InChI is InChI=1S/C34H39Cl2N3O6S/c1-44-33(41)30-26(20-28(40)39-18-14-22(15-19-39)38-16-7-4-8-17-38)37-27(21-46(43)23-10-5-3-6-11-23)31(34(42)45-2)32(30)29-24(35)12-9-13-25(29)36/h3,5-6,9-13,22,30,32H,4,7-8,14-21H2,1-2H3/t30?,32-,46-/m0/s1. The lowest BCUT2D eigenvalue weighted by atomic mass is 9.74. The quantitative estimate of drug-likeness (QED) is 0.324. The Morgan fingerprint density at radius 1 is 0.891 bits per heavy atom. The van der Waals surface area contributed by atoms with Crippen molar-refractivity contribution >= 4 is 57.6 Å². The summed E-state index contributed by atoms with van der Waals surface area (Å²) in [5.74, 6) is -4.14. The number of carbonyl (C=O) groups is 3. The highest BCUT2D eigenvalue weighted by atomic mass is 35.5. The topological polar surface area (TPSA) is 106 Å². The number of esters is 2. The first-order valence-corrected chi connectivity index (χ1v) is 17.7. The molecule has 0 radical (unpaired) electrons. The molecule has 0 N–H and O–H groups in total. The first kappa shape index (κ1) is 34.3. The third-order valence-electron chi connectivity index (χ3n) is 9.09. The molecule has 0 aromatic heterocycles. The lowest BCUT2D eigenvalue weighted by molar-refractivity contribution is -0.143. The minimum atomic E-state index is -1.62. The predicted molar refractivity (Wildman–Crippen MR) is 179 cm³/mol. The van der Waals surface area contributed by atoms with E-state index in [4.69, 9.17) is 37.7 Å². The number of hydrogen-bond donors (Lipinski definition) is 0. The van der Waals surface area contributed by atoms with E-state index in [1.165, 1.54) is 33.5 Å². The van der Waals surface area contributed by atoms with E-state index in [2.05, 4.69) is 4.90 Å². The normalized spacial score (nSPS) is 21.8. The Balaban J connectivity index is 1.54. The van der Waals surface area contributed by atoms with E-state index in [1.807, 2.05) is 11.0 Å². The summed E-state index contributed by atoms with van der Waals surface area (Å²) in [4.78, 5) is 50.7. The van der Waals surface area contributed by atoms with Crippen LogP contribution in [0.15, 0.2) is 69.7 Å². The number of aliphatic imine (C=N–C) groups is 1. The van der Waals surface area contributed by atoms with Crippen LogP contribution < -0.4 is 0 Å². The van der Waals surface area contributed by atoms with Gasteiger partial charge in [0, 0.05) is 45.7 Å². The van der Waals surface area contributed by atoms with Crippen LogP contribution in [-0.2, 0) is 34.7 Å². The molecule has 1 unspecified atom stereocenters. The van der Waals surface area contributed by atoms with Crippen molar-refractivity contribution in [2.24, 2.45) is 10.9 Å². The van der Waals surface area contributed by atoms with Gasteiger partial charge in [-0.2, -0.15) is 0 Å². The lowest BCUT2D eigenvalue weighted by Gasteiger charge is -2.40. The molecule has 3 heterocycles. The second kappa shape index (κ2) is 15.7. The Hall–Kier alpha value is -3.05. The van der Waals surface area contributed by atoms with Crippen LogP contribution in [0.1, 0.15) is 50.0 Å². The molecule has 2 fully saturated rings. The maximum Gasteiger partial charge on any atom is 0.336 e. The Labute approximate surface area is 282 Å². The fourth-order valence-corrected chi connectivity index (χ4v) is 8.51. The molecule has 0 saturated carbocycles. The van der Waals surface area contributed by atoms with Crippen molar-refractivity contribution < 1.29 is 28.1 Å². The van der Waals surface area contributed by atoms with Crippen molar-refractivity contribution in [1.29, 1.82) is 0 Å². The van der Waals surface area contributed by atoms with E-state index >= 15 is 0 Å². The van der Waals surface area contributed by atoms with Gasteiger partial charge < -0.3 is 19.3 Å². The number of ether oxygens (including phenoxy) is 2. The molecule has 46 heavy (non-hydrogen) atoms. The maximum absolute atomic E-state index is 13.9. The first-order valence-electron chi connectivity index (χ1n) is 15.6. The molecule has 3 atom stereocenters. The molecule has 3 aliphatic heterocycles. The monoisotopic (exact) mass is 687 g/mol. The maximum atomic E-state index is 13.9. The van der Waals surface area contributed by atoms with Gasteiger partial charge in [-0.05, 0) is 68.6 Å². The van der Waals surface area contributed by atoms with Gasteiger partial charge in [-0.1, -0.05) is 53.9 Å². The second-order valence-corrected chi connectivity index (χ2v) is 14.0. The summed E-state index contributed by atoms with van der Waals surface area (Å²) in [6, 6.07) is 14.1. The predicted octanol–water partition coefficient (Wildman–Crippen LogP) is 5.42. The number of likely N-dealkylation sites (tertiary alicyclic amines) is 2. The molecule has 12 heteroatoms. The molecule has 2 saturated heterocycles. The summed E-state index contributed by atoms with van der Waals surface area (Å²) < 4.78 is 24.0. The molecule has 246 valence electrons. The number of halogens is 2. The van der Waals surface area contributed by atoms with E-state index in [0.717, 1.165) is 25.9 Å². The third-order valence-corrected chi connectivity index (χ3v) is 11.1. The van der Waals surface area contributed by atoms with E-state index in [-0.39, 0.29) is 45.1 Å². The first-order chi connectivity index (χ1) is 22.2. The second-order valence-electron chi connectivity index (χ2n) is 11.8. The number of nitrogens with zero attached hydrogens (tertiary/aromatic N) is 3. The Kier molecular flexibility index (Phi) is 11.7. The summed E-state index contributed by atoms with van der Waals surface area (Å²) in [6.45, 7) is 3.41. The van der Waals surface area contributed by atoms with Gasteiger partial charge in [-0.3, -0.25) is 18.8 Å². The van der Waals surface area contributed by atoms with Crippen molar-refractivity contribution in [3.8, 4) is 0 Å². The molecular weight excluding hydrogens is 649 g/mol. The zero-order chi connectivity index (χ0) is 32.8. The molecule has 2 aromatic rings. The molecule has 2 aromatic carbocycles. The number of hydrogen-bond acceptors (Lipinski definition) is 8. The summed E-state index contributed by atoms with van der Waals surface area (Å²) in [5, 5.41) is 0.424. The number of benzene rings is 2. The largest absolute Gasteiger partial charge is 0.468 e. The highest BCUT2D eigenvalue weighted by Gasteiger charge is 2.46. The van der Waals surface area contributed by atoms with Crippen LogP contribution in [0.3, 0.4) is 0 Å². The van der Waals surface area contributed by atoms with Crippen LogP contribution in [0, 0.1) is 5.92 Å². The SMILES string of the molecule is COC(=O)C1=C(C[S@](=O)c2ccccc2)N=C(CC(=O)N2CCC(N3CCCCC3)CC2)C(C(=O)OC)[C@@H]1c1c(Cl)cccc1Cl. The smallest absolute Gasteiger partial charge is 0.336 e. The van der Waals surface area contributed by atoms with Crippen molar-refractivity contribution in [3.05, 3.63) is 75.4 Å². The Morgan fingerprint density at radius 2 is 1.54 bits per heavy atom. The molecule has 0 aliphatic carbocycles. The zero-order valence-electron chi connectivity index (χ0n) is 26.1. The van der Waals surface area contributed by atoms with Crippen LogP contribution in [0.25, 0.3) is 0 Å². The van der Waals surface area contributed by atoms with E-state index in [0.29, 0.717) is 29.6 Å². The lowest BCUT2D eigenvalue weighted by Crippen LogP contribution is -2.49. The van der Waals surface area contributed by atoms with Crippen LogP contribution in [0.2, 0.25) is 10.0 Å². The van der Waals surface area contributed by atoms with Gasteiger partial charge in [0.05, 0.1) is 48.5 Å². The number of carbonyl (C=O) groups excluding carboxylic acids is 3. The van der Waals surface area contributed by atoms with Crippen LogP contribution in [0.5, 0.6) is 0 Å². The summed E-state index contributed by atoms with van der Waals surface area (Å²) in [7, 11) is 0.835. The average Bonchev–Trinajstić information content (AvgIpc) is 3.08. The number of rotatable bonds is 9. The summed E-state index contributed by atoms with van der Waals surface area (Å²) in [6.07, 6.45) is 5.26. The highest BCUT2D eigenvalue weighted by Crippen LogP contribution is 2.46.